The van der Waals surface area contributed by atoms with Crippen molar-refractivity contribution in [1.29, 1.82) is 0 Å². The van der Waals surface area contributed by atoms with E-state index < -0.39 is 11.7 Å². The van der Waals surface area contributed by atoms with Crippen molar-refractivity contribution in [3.63, 3.8) is 0 Å². The van der Waals surface area contributed by atoms with Crippen molar-refractivity contribution in [3.05, 3.63) is 45.0 Å². The molecule has 3 nitrogen and oxygen atoms in total. The number of benzene rings is 1. The van der Waals surface area contributed by atoms with Crippen LogP contribution in [0.2, 0.25) is 0 Å². The van der Waals surface area contributed by atoms with Gasteiger partial charge in [0, 0.05) is 20.7 Å². The fourth-order valence-electron chi connectivity index (χ4n) is 1.93. The quantitative estimate of drug-likeness (QED) is 0.592. The lowest BCUT2D eigenvalue weighted by molar-refractivity contribution is 0.0540. The largest absolute Gasteiger partial charge is 0.443 e. The van der Waals surface area contributed by atoms with Crippen molar-refractivity contribution in [3.8, 4) is 11.3 Å². The van der Waals surface area contributed by atoms with Crippen molar-refractivity contribution in [2.24, 2.45) is 0 Å². The van der Waals surface area contributed by atoms with E-state index in [1.54, 1.807) is 6.20 Å². The van der Waals surface area contributed by atoms with E-state index >= 15 is 0 Å². The number of halogens is 2. The Balaban J connectivity index is 2.48. The molecule has 0 aliphatic heterocycles. The third kappa shape index (κ3) is 3.98. The number of hydrogen-bond acceptors (Lipinski definition) is 2. The van der Waals surface area contributed by atoms with E-state index in [2.05, 4.69) is 31.9 Å². The van der Waals surface area contributed by atoms with E-state index in [9.17, 15) is 4.79 Å². The molecular formula is C16H17Br2NO2. The van der Waals surface area contributed by atoms with Crippen molar-refractivity contribution in [1.82, 2.24) is 4.57 Å². The van der Waals surface area contributed by atoms with Crippen LogP contribution in [0, 0.1) is 6.92 Å². The zero-order chi connectivity index (χ0) is 15.8. The molecule has 2 rings (SSSR count). The zero-order valence-corrected chi connectivity index (χ0v) is 15.6. The molecule has 0 atom stereocenters. The zero-order valence-electron chi connectivity index (χ0n) is 12.4. The predicted molar refractivity (Wildman–Crippen MR) is 91.6 cm³/mol. The number of aromatic nitrogens is 1. The molecule has 0 saturated heterocycles. The first kappa shape index (κ1) is 16.3. The molecule has 0 aliphatic carbocycles. The molecule has 0 radical (unpaired) electrons. The van der Waals surface area contributed by atoms with Crippen LogP contribution >= 0.6 is 31.9 Å². The standard InChI is InChI=1S/C16H17Br2NO2/c1-10-5-6-12(13(18)7-10)14-8-11(17)9-19(14)15(20)21-16(2,3)4/h5-9H,1-4H3. The first-order valence-electron chi connectivity index (χ1n) is 6.55. The maximum Gasteiger partial charge on any atom is 0.419 e. The highest BCUT2D eigenvalue weighted by molar-refractivity contribution is 9.10. The van der Waals surface area contributed by atoms with Gasteiger partial charge in [0.15, 0.2) is 0 Å². The van der Waals surface area contributed by atoms with E-state index in [-0.39, 0.29) is 0 Å². The van der Waals surface area contributed by atoms with Gasteiger partial charge >= 0.3 is 6.09 Å². The first-order chi connectivity index (χ1) is 9.67. The smallest absolute Gasteiger partial charge is 0.419 e. The van der Waals surface area contributed by atoms with Gasteiger partial charge in [0.1, 0.15) is 5.60 Å². The minimum Gasteiger partial charge on any atom is -0.443 e. The Hall–Kier alpha value is -1.07. The molecule has 1 heterocycles. The molecular weight excluding hydrogens is 398 g/mol. The van der Waals surface area contributed by atoms with Crippen LogP contribution < -0.4 is 0 Å². The topological polar surface area (TPSA) is 31.2 Å². The Kier molecular flexibility index (Phi) is 4.63. The third-order valence-electron chi connectivity index (χ3n) is 2.78. The summed E-state index contributed by atoms with van der Waals surface area (Å²) in [4.78, 5) is 12.4. The van der Waals surface area contributed by atoms with E-state index in [4.69, 9.17) is 4.74 Å². The van der Waals surface area contributed by atoms with Crippen LogP contribution in [0.15, 0.2) is 39.4 Å². The number of carbonyl (C=O) groups is 1. The lowest BCUT2D eigenvalue weighted by atomic mass is 10.1. The molecule has 0 bridgehead atoms. The maximum absolute atomic E-state index is 12.4. The molecule has 0 spiro atoms. The van der Waals surface area contributed by atoms with Crippen molar-refractivity contribution in [2.45, 2.75) is 33.3 Å². The van der Waals surface area contributed by atoms with Crippen molar-refractivity contribution >= 4 is 38.0 Å². The van der Waals surface area contributed by atoms with Crippen LogP contribution in [0.5, 0.6) is 0 Å². The number of carbonyl (C=O) groups excluding carboxylic acids is 1. The van der Waals surface area contributed by atoms with Crippen LogP contribution in [0.3, 0.4) is 0 Å². The van der Waals surface area contributed by atoms with Crippen LogP contribution in [0.4, 0.5) is 4.79 Å². The monoisotopic (exact) mass is 413 g/mol. The van der Waals surface area contributed by atoms with Gasteiger partial charge in [-0.25, -0.2) is 4.79 Å². The normalized spacial score (nSPS) is 11.5. The summed E-state index contributed by atoms with van der Waals surface area (Å²) in [5, 5.41) is 0. The first-order valence-corrected chi connectivity index (χ1v) is 8.14. The summed E-state index contributed by atoms with van der Waals surface area (Å²) in [6.07, 6.45) is 1.33. The van der Waals surface area contributed by atoms with E-state index in [0.29, 0.717) is 0 Å². The lowest BCUT2D eigenvalue weighted by Gasteiger charge is -2.20. The Labute approximate surface area is 141 Å². The van der Waals surface area contributed by atoms with E-state index in [1.807, 2.05) is 52.0 Å². The summed E-state index contributed by atoms with van der Waals surface area (Å²) in [6.45, 7) is 7.58. The highest BCUT2D eigenvalue weighted by atomic mass is 79.9. The predicted octanol–water partition coefficient (Wildman–Crippen LogP) is 5.77. The van der Waals surface area contributed by atoms with Gasteiger partial charge in [-0.15, -0.1) is 0 Å². The molecule has 0 amide bonds. The number of aryl methyl sites for hydroxylation is 1. The molecule has 1 aromatic heterocycles. The number of rotatable bonds is 1. The van der Waals surface area contributed by atoms with Crippen LogP contribution in [0.25, 0.3) is 11.3 Å². The minimum atomic E-state index is -0.532. The van der Waals surface area contributed by atoms with Gasteiger partial charge in [-0.2, -0.15) is 0 Å². The van der Waals surface area contributed by atoms with Crippen LogP contribution in [-0.2, 0) is 4.74 Å². The van der Waals surface area contributed by atoms with Gasteiger partial charge in [0.25, 0.3) is 0 Å². The summed E-state index contributed by atoms with van der Waals surface area (Å²) < 4.78 is 8.74. The second kappa shape index (κ2) is 5.97. The molecule has 0 unspecified atom stereocenters. The molecule has 2 aromatic rings. The molecule has 0 N–H and O–H groups in total. The molecule has 112 valence electrons. The average Bonchev–Trinajstić information content (AvgIpc) is 2.69. The lowest BCUT2D eigenvalue weighted by Crippen LogP contribution is -2.27. The number of ether oxygens (including phenoxy) is 1. The summed E-state index contributed by atoms with van der Waals surface area (Å²) >= 11 is 6.98. The number of nitrogens with zero attached hydrogens (tertiary/aromatic N) is 1. The average molecular weight is 415 g/mol. The number of hydrogen-bond donors (Lipinski definition) is 0. The second-order valence-corrected chi connectivity index (χ2v) is 7.65. The fourth-order valence-corrected chi connectivity index (χ4v) is 3.05. The van der Waals surface area contributed by atoms with Gasteiger partial charge in [-0.1, -0.05) is 28.1 Å². The van der Waals surface area contributed by atoms with Gasteiger partial charge in [-0.3, -0.25) is 4.57 Å². The summed E-state index contributed by atoms with van der Waals surface area (Å²) in [5.41, 5.74) is 2.34. The molecule has 0 saturated carbocycles. The van der Waals surface area contributed by atoms with Gasteiger partial charge in [0.2, 0.25) is 0 Å². The molecule has 0 aliphatic rings. The third-order valence-corrected chi connectivity index (χ3v) is 3.87. The highest BCUT2D eigenvalue weighted by Crippen LogP contribution is 2.32. The maximum atomic E-state index is 12.4. The van der Waals surface area contributed by atoms with Crippen LogP contribution in [-0.4, -0.2) is 16.3 Å². The summed E-state index contributed by atoms with van der Waals surface area (Å²) in [6, 6.07) is 7.93. The molecule has 5 heteroatoms. The Bertz CT molecular complexity index is 684. The molecule has 21 heavy (non-hydrogen) atoms. The van der Waals surface area contributed by atoms with Gasteiger partial charge < -0.3 is 4.74 Å². The van der Waals surface area contributed by atoms with Gasteiger partial charge in [-0.05, 0) is 61.3 Å². The molecule has 0 fully saturated rings. The Morgan fingerprint density at radius 3 is 2.43 bits per heavy atom. The Morgan fingerprint density at radius 1 is 1.19 bits per heavy atom. The second-order valence-electron chi connectivity index (χ2n) is 5.88. The summed E-state index contributed by atoms with van der Waals surface area (Å²) in [7, 11) is 0. The van der Waals surface area contributed by atoms with Crippen LogP contribution in [0.1, 0.15) is 26.3 Å². The SMILES string of the molecule is Cc1ccc(-c2cc(Br)cn2C(=O)OC(C)(C)C)c(Br)c1. The van der Waals surface area contributed by atoms with E-state index in [1.165, 1.54) is 4.57 Å². The van der Waals surface area contributed by atoms with Crippen molar-refractivity contribution in [2.75, 3.05) is 0 Å². The highest BCUT2D eigenvalue weighted by Gasteiger charge is 2.21. The molecule has 1 aromatic carbocycles. The van der Waals surface area contributed by atoms with Gasteiger partial charge in [0.05, 0.1) is 5.69 Å². The fraction of sp³-hybridized carbons (Fsp3) is 0.312. The summed E-state index contributed by atoms with van der Waals surface area (Å²) in [5.74, 6) is 0. The van der Waals surface area contributed by atoms with Crippen molar-refractivity contribution < 1.29 is 9.53 Å². The minimum absolute atomic E-state index is 0.393. The Morgan fingerprint density at radius 2 is 1.86 bits per heavy atom. The van der Waals surface area contributed by atoms with E-state index in [0.717, 1.165) is 25.8 Å².